The van der Waals surface area contributed by atoms with Crippen LogP contribution in [0.1, 0.15) is 55.1 Å². The highest BCUT2D eigenvalue weighted by Gasteiger charge is 2.15. The zero-order chi connectivity index (χ0) is 27.2. The second-order valence-corrected chi connectivity index (χ2v) is 10.7. The van der Waals surface area contributed by atoms with Crippen LogP contribution in [-0.4, -0.2) is 33.2 Å². The van der Waals surface area contributed by atoms with Gasteiger partial charge in [0.15, 0.2) is 5.16 Å². The molecule has 0 saturated carbocycles. The first kappa shape index (κ1) is 27.1. The molecule has 3 aromatic carbocycles. The number of hydrogen-bond acceptors (Lipinski definition) is 5. The fourth-order valence-electron chi connectivity index (χ4n) is 3.97. The van der Waals surface area contributed by atoms with Crippen molar-refractivity contribution in [2.75, 3.05) is 11.1 Å². The monoisotopic (exact) mass is 528 g/mol. The van der Waals surface area contributed by atoms with Gasteiger partial charge in [0.05, 0.1) is 23.2 Å². The normalized spacial score (nSPS) is 11.2. The van der Waals surface area contributed by atoms with Gasteiger partial charge < -0.3 is 10.6 Å². The Balaban J connectivity index is 1.54. The molecule has 0 fully saturated rings. The average molecular weight is 529 g/mol. The van der Waals surface area contributed by atoms with Gasteiger partial charge in [0.2, 0.25) is 5.91 Å². The SMILES string of the molecule is CC(C)NC(=O)c1ccc(Cn2c(SCC(=O)Nc3ccc(C(C)C)cc3)nc3ccccc3c2=O)cc1. The van der Waals surface area contributed by atoms with Crippen LogP contribution in [0.4, 0.5) is 5.69 Å². The van der Waals surface area contributed by atoms with Crippen LogP contribution < -0.4 is 16.2 Å². The Hall–Kier alpha value is -3.91. The number of amides is 2. The largest absolute Gasteiger partial charge is 0.350 e. The van der Waals surface area contributed by atoms with Gasteiger partial charge in [-0.15, -0.1) is 0 Å². The molecular formula is C30H32N4O3S. The van der Waals surface area contributed by atoms with E-state index in [1.165, 1.54) is 17.3 Å². The molecule has 8 heteroatoms. The Morgan fingerprint density at radius 3 is 2.26 bits per heavy atom. The van der Waals surface area contributed by atoms with E-state index >= 15 is 0 Å². The number of carbonyl (C=O) groups is 2. The molecule has 0 aliphatic heterocycles. The fourth-order valence-corrected chi connectivity index (χ4v) is 4.76. The molecule has 0 spiro atoms. The number of nitrogens with one attached hydrogen (secondary N) is 2. The van der Waals surface area contributed by atoms with E-state index in [0.29, 0.717) is 27.5 Å². The standard InChI is InChI=1S/C30H32N4O3S/c1-19(2)22-13-15-24(16-14-22)32-27(35)18-38-30-33-26-8-6-5-7-25(26)29(37)34(30)17-21-9-11-23(12-10-21)28(36)31-20(3)4/h5-16,19-20H,17-18H2,1-4H3,(H,31,36)(H,32,35). The van der Waals surface area contributed by atoms with E-state index in [4.69, 9.17) is 4.98 Å². The topological polar surface area (TPSA) is 93.1 Å². The second-order valence-electron chi connectivity index (χ2n) is 9.74. The molecule has 4 rings (SSSR count). The van der Waals surface area contributed by atoms with Crippen LogP contribution in [0.2, 0.25) is 0 Å². The van der Waals surface area contributed by atoms with Crippen molar-refractivity contribution in [2.24, 2.45) is 0 Å². The van der Waals surface area contributed by atoms with Gasteiger partial charge in [-0.05, 0) is 67.3 Å². The molecule has 1 aromatic heterocycles. The van der Waals surface area contributed by atoms with Crippen molar-refractivity contribution in [3.05, 3.63) is 99.8 Å². The highest BCUT2D eigenvalue weighted by Crippen LogP contribution is 2.21. The quantitative estimate of drug-likeness (QED) is 0.223. The van der Waals surface area contributed by atoms with Crippen LogP contribution in [0.3, 0.4) is 0 Å². The minimum Gasteiger partial charge on any atom is -0.350 e. The molecule has 0 aliphatic rings. The number of carbonyl (C=O) groups excluding carboxylic acids is 2. The van der Waals surface area contributed by atoms with Crippen LogP contribution in [0.5, 0.6) is 0 Å². The highest BCUT2D eigenvalue weighted by molar-refractivity contribution is 7.99. The van der Waals surface area contributed by atoms with Crippen LogP contribution in [-0.2, 0) is 11.3 Å². The van der Waals surface area contributed by atoms with Gasteiger partial charge in [-0.3, -0.25) is 19.0 Å². The molecule has 38 heavy (non-hydrogen) atoms. The molecule has 0 saturated heterocycles. The van der Waals surface area contributed by atoms with E-state index in [1.807, 2.05) is 62.4 Å². The van der Waals surface area contributed by atoms with Gasteiger partial charge >= 0.3 is 0 Å². The molecule has 0 atom stereocenters. The number of nitrogens with zero attached hydrogens (tertiary/aromatic N) is 2. The summed E-state index contributed by atoms with van der Waals surface area (Å²) in [6.45, 7) is 8.33. The summed E-state index contributed by atoms with van der Waals surface area (Å²) in [5.41, 5.74) is 3.74. The molecule has 4 aromatic rings. The molecule has 2 N–H and O–H groups in total. The van der Waals surface area contributed by atoms with E-state index in [1.54, 1.807) is 28.8 Å². The lowest BCUT2D eigenvalue weighted by molar-refractivity contribution is -0.113. The number of aromatic nitrogens is 2. The van der Waals surface area contributed by atoms with E-state index in [2.05, 4.69) is 24.5 Å². The van der Waals surface area contributed by atoms with E-state index < -0.39 is 0 Å². The van der Waals surface area contributed by atoms with E-state index in [-0.39, 0.29) is 35.7 Å². The van der Waals surface area contributed by atoms with Gasteiger partial charge in [-0.2, -0.15) is 0 Å². The van der Waals surface area contributed by atoms with Gasteiger partial charge in [-0.25, -0.2) is 4.98 Å². The second kappa shape index (κ2) is 12.1. The first-order valence-electron chi connectivity index (χ1n) is 12.6. The Morgan fingerprint density at radius 1 is 0.921 bits per heavy atom. The van der Waals surface area contributed by atoms with E-state index in [9.17, 15) is 14.4 Å². The molecule has 0 bridgehead atoms. The first-order chi connectivity index (χ1) is 18.2. The maximum absolute atomic E-state index is 13.4. The molecule has 0 unspecified atom stereocenters. The van der Waals surface area contributed by atoms with Gasteiger partial charge in [0.1, 0.15) is 0 Å². The Bertz CT molecular complexity index is 1490. The van der Waals surface area contributed by atoms with Crippen molar-refractivity contribution < 1.29 is 9.59 Å². The molecule has 2 amide bonds. The molecule has 0 radical (unpaired) electrons. The number of rotatable bonds is 9. The van der Waals surface area contributed by atoms with Crippen molar-refractivity contribution in [3.63, 3.8) is 0 Å². The zero-order valence-corrected chi connectivity index (χ0v) is 22.8. The average Bonchev–Trinajstić information content (AvgIpc) is 2.89. The van der Waals surface area contributed by atoms with Crippen molar-refractivity contribution in [1.82, 2.24) is 14.9 Å². The summed E-state index contributed by atoms with van der Waals surface area (Å²) >= 11 is 1.22. The van der Waals surface area contributed by atoms with Crippen LogP contribution >= 0.6 is 11.8 Å². The predicted octanol–water partition coefficient (Wildman–Crippen LogP) is 5.44. The molecule has 196 valence electrons. The lowest BCUT2D eigenvalue weighted by Crippen LogP contribution is -2.30. The van der Waals surface area contributed by atoms with E-state index in [0.717, 1.165) is 11.3 Å². The number of para-hydroxylation sites is 1. The number of benzene rings is 3. The summed E-state index contributed by atoms with van der Waals surface area (Å²) in [5, 5.41) is 6.76. The molecule has 1 heterocycles. The zero-order valence-electron chi connectivity index (χ0n) is 22.0. The van der Waals surface area contributed by atoms with Crippen LogP contribution in [0.15, 0.2) is 82.7 Å². The lowest BCUT2D eigenvalue weighted by Gasteiger charge is -2.14. The van der Waals surface area contributed by atoms with Crippen molar-refractivity contribution in [3.8, 4) is 0 Å². The minimum absolute atomic E-state index is 0.0422. The molecule has 7 nitrogen and oxygen atoms in total. The Kier molecular flexibility index (Phi) is 8.63. The summed E-state index contributed by atoms with van der Waals surface area (Å²) in [4.78, 5) is 43.1. The van der Waals surface area contributed by atoms with Gasteiger partial charge in [-0.1, -0.05) is 62.0 Å². The van der Waals surface area contributed by atoms with Gasteiger partial charge in [0.25, 0.3) is 11.5 Å². The number of hydrogen-bond donors (Lipinski definition) is 2. The third-order valence-corrected chi connectivity index (χ3v) is 6.97. The van der Waals surface area contributed by atoms with Crippen molar-refractivity contribution in [2.45, 2.75) is 51.4 Å². The lowest BCUT2D eigenvalue weighted by atomic mass is 10.0. The van der Waals surface area contributed by atoms with Crippen molar-refractivity contribution >= 4 is 40.2 Å². The van der Waals surface area contributed by atoms with Gasteiger partial charge in [0, 0.05) is 17.3 Å². The maximum Gasteiger partial charge on any atom is 0.262 e. The van der Waals surface area contributed by atoms with Crippen molar-refractivity contribution in [1.29, 1.82) is 0 Å². The smallest absolute Gasteiger partial charge is 0.262 e. The summed E-state index contributed by atoms with van der Waals surface area (Å²) in [7, 11) is 0. The third kappa shape index (κ3) is 6.69. The Morgan fingerprint density at radius 2 is 1.61 bits per heavy atom. The fraction of sp³-hybridized carbons (Fsp3) is 0.267. The molecule has 0 aliphatic carbocycles. The summed E-state index contributed by atoms with van der Waals surface area (Å²) in [5.74, 6) is 0.198. The number of fused-ring (bicyclic) bond motifs is 1. The highest BCUT2D eigenvalue weighted by atomic mass is 32.2. The predicted molar refractivity (Wildman–Crippen MR) is 154 cm³/mol. The summed E-state index contributed by atoms with van der Waals surface area (Å²) in [6, 6.07) is 22.2. The number of anilines is 1. The summed E-state index contributed by atoms with van der Waals surface area (Å²) < 4.78 is 1.58. The third-order valence-electron chi connectivity index (χ3n) is 6.00. The molecular weight excluding hydrogens is 496 g/mol. The van der Waals surface area contributed by atoms with Crippen LogP contribution in [0, 0.1) is 0 Å². The maximum atomic E-state index is 13.4. The first-order valence-corrected chi connectivity index (χ1v) is 13.6. The van der Waals surface area contributed by atoms with Crippen LogP contribution in [0.25, 0.3) is 10.9 Å². The number of thioether (sulfide) groups is 1. The summed E-state index contributed by atoms with van der Waals surface area (Å²) in [6.07, 6.45) is 0. The minimum atomic E-state index is -0.179. The Labute approximate surface area is 226 Å².